The van der Waals surface area contributed by atoms with Crippen LogP contribution in [0.5, 0.6) is 0 Å². The van der Waals surface area contributed by atoms with E-state index >= 15 is 0 Å². The Hall–Kier alpha value is -1.84. The van der Waals surface area contributed by atoms with Gasteiger partial charge in [-0.25, -0.2) is 4.79 Å². The number of amides is 1. The molecule has 1 aliphatic carbocycles. The quantitative estimate of drug-likeness (QED) is 0.869. The molecule has 1 saturated carbocycles. The van der Waals surface area contributed by atoms with Gasteiger partial charge in [0.2, 0.25) is 0 Å². The lowest BCUT2D eigenvalue weighted by Crippen LogP contribution is -2.41. The van der Waals surface area contributed by atoms with Crippen molar-refractivity contribution in [1.29, 1.82) is 0 Å². The molecule has 1 aromatic rings. The topological polar surface area (TPSA) is 55.4 Å². The minimum Gasteiger partial charge on any atom is -0.449 e. The molecule has 0 saturated heterocycles. The third-order valence-electron chi connectivity index (χ3n) is 4.24. The molecule has 0 aliphatic heterocycles. The van der Waals surface area contributed by atoms with Crippen molar-refractivity contribution in [3.63, 3.8) is 0 Å². The van der Waals surface area contributed by atoms with Gasteiger partial charge in [-0.3, -0.25) is 4.79 Å². The summed E-state index contributed by atoms with van der Waals surface area (Å²) in [6.45, 7) is 7.40. The average Bonchev–Trinajstić information content (AvgIpc) is 2.90. The fourth-order valence-electron chi connectivity index (χ4n) is 3.16. The predicted octanol–water partition coefficient (Wildman–Crippen LogP) is 3.22. The molecular weight excluding hydrogens is 278 g/mol. The van der Waals surface area contributed by atoms with E-state index in [4.69, 9.17) is 4.74 Å². The minimum atomic E-state index is -0.770. The van der Waals surface area contributed by atoms with Crippen molar-refractivity contribution in [2.75, 3.05) is 0 Å². The van der Waals surface area contributed by atoms with Crippen molar-refractivity contribution in [3.05, 3.63) is 34.4 Å². The number of hydrogen-bond acceptors (Lipinski definition) is 3. The first kappa shape index (κ1) is 16.5. The van der Waals surface area contributed by atoms with Gasteiger partial charge in [0.15, 0.2) is 6.10 Å². The van der Waals surface area contributed by atoms with Gasteiger partial charge < -0.3 is 10.1 Å². The molecule has 1 amide bonds. The molecule has 4 heteroatoms. The van der Waals surface area contributed by atoms with E-state index in [2.05, 4.69) is 5.32 Å². The zero-order chi connectivity index (χ0) is 16.3. The van der Waals surface area contributed by atoms with Crippen LogP contribution in [0, 0.1) is 20.8 Å². The Kier molecular flexibility index (Phi) is 5.22. The Bertz CT molecular complexity index is 551. The largest absolute Gasteiger partial charge is 0.449 e. The van der Waals surface area contributed by atoms with Gasteiger partial charge in [-0.05, 0) is 51.7 Å². The number of ether oxygens (including phenoxy) is 1. The van der Waals surface area contributed by atoms with Gasteiger partial charge in [-0.15, -0.1) is 0 Å². The van der Waals surface area contributed by atoms with Crippen LogP contribution in [0.25, 0.3) is 0 Å². The van der Waals surface area contributed by atoms with Crippen molar-refractivity contribution in [3.8, 4) is 0 Å². The smallest absolute Gasteiger partial charge is 0.339 e. The molecule has 0 aromatic heterocycles. The summed E-state index contributed by atoms with van der Waals surface area (Å²) in [4.78, 5) is 24.4. The monoisotopic (exact) mass is 303 g/mol. The maximum Gasteiger partial charge on any atom is 0.339 e. The van der Waals surface area contributed by atoms with Gasteiger partial charge in [0.05, 0.1) is 5.56 Å². The lowest BCUT2D eigenvalue weighted by Gasteiger charge is -2.18. The normalized spacial score (nSPS) is 16.4. The molecule has 2 rings (SSSR count). The van der Waals surface area contributed by atoms with Crippen LogP contribution in [0.2, 0.25) is 0 Å². The van der Waals surface area contributed by atoms with Crippen LogP contribution in [0.15, 0.2) is 12.1 Å². The first-order chi connectivity index (χ1) is 10.4. The first-order valence-corrected chi connectivity index (χ1v) is 7.97. The summed E-state index contributed by atoms with van der Waals surface area (Å²) in [5, 5.41) is 2.96. The lowest BCUT2D eigenvalue weighted by atomic mass is 10.00. The fraction of sp³-hybridized carbons (Fsp3) is 0.556. The number of carbonyl (C=O) groups excluding carboxylic acids is 2. The highest BCUT2D eigenvalue weighted by molar-refractivity contribution is 5.94. The van der Waals surface area contributed by atoms with Crippen molar-refractivity contribution in [2.24, 2.45) is 0 Å². The zero-order valence-corrected chi connectivity index (χ0v) is 13.9. The third-order valence-corrected chi connectivity index (χ3v) is 4.24. The summed E-state index contributed by atoms with van der Waals surface area (Å²) in [5.41, 5.74) is 3.43. The van der Waals surface area contributed by atoms with Crippen LogP contribution < -0.4 is 5.32 Å². The average molecular weight is 303 g/mol. The number of nitrogens with one attached hydrogen (secondary N) is 1. The van der Waals surface area contributed by atoms with Crippen LogP contribution in [0.4, 0.5) is 0 Å². The summed E-state index contributed by atoms with van der Waals surface area (Å²) in [6, 6.07) is 4.14. The molecule has 1 aliphatic rings. The lowest BCUT2D eigenvalue weighted by molar-refractivity contribution is -0.129. The minimum absolute atomic E-state index is 0.206. The van der Waals surface area contributed by atoms with Gasteiger partial charge in [0.25, 0.3) is 5.91 Å². The third kappa shape index (κ3) is 3.87. The number of benzene rings is 1. The fourth-order valence-corrected chi connectivity index (χ4v) is 3.16. The van der Waals surface area contributed by atoms with Crippen molar-refractivity contribution in [1.82, 2.24) is 5.32 Å². The second-order valence-corrected chi connectivity index (χ2v) is 6.31. The molecule has 1 atom stereocenters. The Morgan fingerprint density at radius 1 is 1.14 bits per heavy atom. The Morgan fingerprint density at radius 2 is 1.68 bits per heavy atom. The predicted molar refractivity (Wildman–Crippen MR) is 85.9 cm³/mol. The van der Waals surface area contributed by atoms with Crippen LogP contribution in [0.1, 0.15) is 59.7 Å². The van der Waals surface area contributed by atoms with Crippen molar-refractivity contribution < 1.29 is 14.3 Å². The van der Waals surface area contributed by atoms with Crippen LogP contribution in [-0.4, -0.2) is 24.0 Å². The standard InChI is InChI=1S/C18H25NO3/c1-11-9-12(2)16(13(3)10-11)18(21)22-14(4)17(20)19-15-7-5-6-8-15/h9-10,14-15H,5-8H2,1-4H3,(H,19,20). The number of hydrogen-bond donors (Lipinski definition) is 1. The molecule has 0 bridgehead atoms. The van der Waals surface area contributed by atoms with E-state index in [9.17, 15) is 9.59 Å². The van der Waals surface area contributed by atoms with E-state index in [0.29, 0.717) is 5.56 Å². The summed E-state index contributed by atoms with van der Waals surface area (Å²) < 4.78 is 5.36. The van der Waals surface area contributed by atoms with Crippen LogP contribution in [-0.2, 0) is 9.53 Å². The molecular formula is C18H25NO3. The summed E-state index contributed by atoms with van der Waals surface area (Å²) in [6.07, 6.45) is 3.57. The van der Waals surface area contributed by atoms with Gasteiger partial charge in [-0.1, -0.05) is 30.5 Å². The summed E-state index contributed by atoms with van der Waals surface area (Å²) >= 11 is 0. The summed E-state index contributed by atoms with van der Waals surface area (Å²) in [5.74, 6) is -0.633. The van der Waals surface area contributed by atoms with Gasteiger partial charge in [0, 0.05) is 6.04 Å². The Morgan fingerprint density at radius 3 is 2.23 bits per heavy atom. The van der Waals surface area contributed by atoms with Gasteiger partial charge in [-0.2, -0.15) is 0 Å². The van der Waals surface area contributed by atoms with Crippen molar-refractivity contribution >= 4 is 11.9 Å². The molecule has 0 heterocycles. The second kappa shape index (κ2) is 6.95. The van der Waals surface area contributed by atoms with Crippen LogP contribution >= 0.6 is 0 Å². The highest BCUT2D eigenvalue weighted by atomic mass is 16.5. The molecule has 0 radical (unpaired) electrons. The zero-order valence-electron chi connectivity index (χ0n) is 13.9. The van der Waals surface area contributed by atoms with E-state index in [1.54, 1.807) is 6.92 Å². The number of esters is 1. The first-order valence-electron chi connectivity index (χ1n) is 7.97. The van der Waals surface area contributed by atoms with E-state index in [1.165, 1.54) is 0 Å². The van der Waals surface area contributed by atoms with E-state index in [0.717, 1.165) is 42.4 Å². The maximum atomic E-state index is 12.3. The van der Waals surface area contributed by atoms with Gasteiger partial charge >= 0.3 is 5.97 Å². The highest BCUT2D eigenvalue weighted by Crippen LogP contribution is 2.19. The van der Waals surface area contributed by atoms with E-state index in [-0.39, 0.29) is 11.9 Å². The Labute approximate surface area is 132 Å². The maximum absolute atomic E-state index is 12.3. The molecule has 1 aromatic carbocycles. The molecule has 22 heavy (non-hydrogen) atoms. The van der Waals surface area contributed by atoms with Crippen molar-refractivity contribution in [2.45, 2.75) is 65.5 Å². The number of carbonyl (C=O) groups is 2. The van der Waals surface area contributed by atoms with E-state index < -0.39 is 12.1 Å². The number of rotatable bonds is 4. The number of aryl methyl sites for hydroxylation is 3. The van der Waals surface area contributed by atoms with E-state index in [1.807, 2.05) is 32.9 Å². The SMILES string of the molecule is Cc1cc(C)c(C(=O)OC(C)C(=O)NC2CCCC2)c(C)c1. The highest BCUT2D eigenvalue weighted by Gasteiger charge is 2.24. The molecule has 0 spiro atoms. The Balaban J connectivity index is 2.00. The second-order valence-electron chi connectivity index (χ2n) is 6.31. The van der Waals surface area contributed by atoms with Crippen LogP contribution in [0.3, 0.4) is 0 Å². The molecule has 1 fully saturated rings. The molecule has 120 valence electrons. The summed E-state index contributed by atoms with van der Waals surface area (Å²) in [7, 11) is 0. The molecule has 1 unspecified atom stereocenters. The van der Waals surface area contributed by atoms with Gasteiger partial charge in [0.1, 0.15) is 0 Å². The molecule has 4 nitrogen and oxygen atoms in total. The molecule has 1 N–H and O–H groups in total.